The molecular weight excluding hydrogens is 220 g/mol. The minimum atomic E-state index is 0.422. The zero-order chi connectivity index (χ0) is 13.5. The van der Waals surface area contributed by atoms with Gasteiger partial charge in [-0.1, -0.05) is 40.0 Å². The van der Waals surface area contributed by atoms with Crippen LogP contribution in [0.4, 0.5) is 0 Å². The fraction of sp³-hybridized carbons (Fsp3) is 1.00. The third kappa shape index (κ3) is 6.19. The second-order valence-electron chi connectivity index (χ2n) is 7.35. The first-order valence-corrected chi connectivity index (χ1v) is 7.88. The molecule has 0 aromatic rings. The Morgan fingerprint density at radius 3 is 2.39 bits per heavy atom. The first-order valence-electron chi connectivity index (χ1n) is 7.88. The fourth-order valence-electron chi connectivity index (χ4n) is 3.18. The Morgan fingerprint density at radius 1 is 1.11 bits per heavy atom. The van der Waals surface area contributed by atoms with Crippen LogP contribution in [-0.4, -0.2) is 19.6 Å². The van der Waals surface area contributed by atoms with Gasteiger partial charge >= 0.3 is 0 Å². The van der Waals surface area contributed by atoms with Gasteiger partial charge < -0.3 is 11.1 Å². The molecule has 0 radical (unpaired) electrons. The molecular formula is C16H34N2. The van der Waals surface area contributed by atoms with Gasteiger partial charge in [0, 0.05) is 6.54 Å². The molecule has 1 fully saturated rings. The molecule has 1 aliphatic rings. The van der Waals surface area contributed by atoms with Crippen LogP contribution in [-0.2, 0) is 0 Å². The molecule has 1 saturated carbocycles. The van der Waals surface area contributed by atoms with E-state index in [0.717, 1.165) is 13.0 Å². The van der Waals surface area contributed by atoms with Crippen molar-refractivity contribution in [2.45, 2.75) is 72.1 Å². The van der Waals surface area contributed by atoms with Crippen LogP contribution in [0.1, 0.15) is 72.1 Å². The Bertz CT molecular complexity index is 217. The van der Waals surface area contributed by atoms with Crippen molar-refractivity contribution in [3.63, 3.8) is 0 Å². The molecule has 0 amide bonds. The second-order valence-corrected chi connectivity index (χ2v) is 7.35. The topological polar surface area (TPSA) is 38.0 Å². The lowest BCUT2D eigenvalue weighted by Gasteiger charge is -2.34. The minimum Gasteiger partial charge on any atom is -0.330 e. The summed E-state index contributed by atoms with van der Waals surface area (Å²) in [5.74, 6) is 0. The van der Waals surface area contributed by atoms with Gasteiger partial charge in [0.2, 0.25) is 0 Å². The summed E-state index contributed by atoms with van der Waals surface area (Å²) in [7, 11) is 0. The fourth-order valence-corrected chi connectivity index (χ4v) is 3.18. The molecule has 1 rings (SSSR count). The third-order valence-electron chi connectivity index (χ3n) is 4.64. The van der Waals surface area contributed by atoms with Gasteiger partial charge in [0.15, 0.2) is 0 Å². The van der Waals surface area contributed by atoms with Gasteiger partial charge in [-0.3, -0.25) is 0 Å². The van der Waals surface area contributed by atoms with Gasteiger partial charge in [0.25, 0.3) is 0 Å². The van der Waals surface area contributed by atoms with Crippen LogP contribution >= 0.6 is 0 Å². The van der Waals surface area contributed by atoms with E-state index in [2.05, 4.69) is 26.1 Å². The molecule has 0 aliphatic heterocycles. The number of nitrogens with two attached hydrogens (primary N) is 1. The Labute approximate surface area is 114 Å². The summed E-state index contributed by atoms with van der Waals surface area (Å²) in [5.41, 5.74) is 6.64. The monoisotopic (exact) mass is 254 g/mol. The molecule has 18 heavy (non-hydrogen) atoms. The smallest absolute Gasteiger partial charge is 0.000516 e. The molecule has 0 atom stereocenters. The van der Waals surface area contributed by atoms with E-state index >= 15 is 0 Å². The summed E-state index contributed by atoms with van der Waals surface area (Å²) >= 11 is 0. The maximum absolute atomic E-state index is 5.64. The first-order chi connectivity index (χ1) is 8.47. The van der Waals surface area contributed by atoms with E-state index in [0.29, 0.717) is 10.8 Å². The van der Waals surface area contributed by atoms with E-state index in [4.69, 9.17) is 5.73 Å². The standard InChI is InChI=1S/C16H34N2/c1-15(2,11-12-17)8-7-13-18-14-16(3)9-5-4-6-10-16/h18H,4-14,17H2,1-3H3. The molecule has 0 unspecified atom stereocenters. The lowest BCUT2D eigenvalue weighted by Crippen LogP contribution is -2.34. The van der Waals surface area contributed by atoms with Crippen molar-refractivity contribution in [2.24, 2.45) is 16.6 Å². The van der Waals surface area contributed by atoms with Gasteiger partial charge in [0.05, 0.1) is 0 Å². The molecule has 3 N–H and O–H groups in total. The molecule has 0 spiro atoms. The number of hydrogen-bond donors (Lipinski definition) is 2. The summed E-state index contributed by atoms with van der Waals surface area (Å²) in [6.45, 7) is 10.3. The largest absolute Gasteiger partial charge is 0.330 e. The Balaban J connectivity index is 2.07. The average molecular weight is 254 g/mol. The summed E-state index contributed by atoms with van der Waals surface area (Å²) in [5, 5.41) is 3.68. The summed E-state index contributed by atoms with van der Waals surface area (Å²) in [6, 6.07) is 0. The molecule has 0 heterocycles. The minimum absolute atomic E-state index is 0.422. The van der Waals surface area contributed by atoms with Gasteiger partial charge in [-0.25, -0.2) is 0 Å². The Hall–Kier alpha value is -0.0800. The highest BCUT2D eigenvalue weighted by molar-refractivity contribution is 4.80. The van der Waals surface area contributed by atoms with Crippen molar-refractivity contribution < 1.29 is 0 Å². The van der Waals surface area contributed by atoms with Crippen LogP contribution in [0.5, 0.6) is 0 Å². The summed E-state index contributed by atoms with van der Waals surface area (Å²) in [4.78, 5) is 0. The van der Waals surface area contributed by atoms with Crippen LogP contribution < -0.4 is 11.1 Å². The summed E-state index contributed by atoms with van der Waals surface area (Å²) < 4.78 is 0. The van der Waals surface area contributed by atoms with Crippen molar-refractivity contribution in [3.8, 4) is 0 Å². The number of rotatable bonds is 8. The molecule has 0 saturated heterocycles. The molecule has 2 nitrogen and oxygen atoms in total. The quantitative estimate of drug-likeness (QED) is 0.648. The SMILES string of the molecule is CC(C)(CCN)CCCNCC1(C)CCCCC1. The highest BCUT2D eigenvalue weighted by atomic mass is 14.9. The van der Waals surface area contributed by atoms with Crippen LogP contribution in [0.3, 0.4) is 0 Å². The van der Waals surface area contributed by atoms with Crippen LogP contribution in [0.25, 0.3) is 0 Å². The highest BCUT2D eigenvalue weighted by Gasteiger charge is 2.26. The van der Waals surface area contributed by atoms with Crippen molar-refractivity contribution in [1.82, 2.24) is 5.32 Å². The van der Waals surface area contributed by atoms with Gasteiger partial charge in [-0.2, -0.15) is 0 Å². The van der Waals surface area contributed by atoms with E-state index < -0.39 is 0 Å². The van der Waals surface area contributed by atoms with Crippen molar-refractivity contribution >= 4 is 0 Å². The molecule has 2 heteroatoms. The van der Waals surface area contributed by atoms with Crippen LogP contribution in [0.2, 0.25) is 0 Å². The maximum atomic E-state index is 5.64. The zero-order valence-electron chi connectivity index (χ0n) is 12.9. The predicted molar refractivity (Wildman–Crippen MR) is 80.7 cm³/mol. The second kappa shape index (κ2) is 7.49. The number of nitrogens with one attached hydrogen (secondary N) is 1. The van der Waals surface area contributed by atoms with E-state index in [1.54, 1.807) is 0 Å². The van der Waals surface area contributed by atoms with Crippen molar-refractivity contribution in [2.75, 3.05) is 19.6 Å². The van der Waals surface area contributed by atoms with E-state index in [-0.39, 0.29) is 0 Å². The molecule has 0 aromatic carbocycles. The molecule has 108 valence electrons. The molecule has 0 aromatic heterocycles. The van der Waals surface area contributed by atoms with Gasteiger partial charge in [0.1, 0.15) is 0 Å². The van der Waals surface area contributed by atoms with Crippen LogP contribution in [0, 0.1) is 10.8 Å². The van der Waals surface area contributed by atoms with Crippen molar-refractivity contribution in [1.29, 1.82) is 0 Å². The normalized spacial score (nSPS) is 20.0. The molecule has 1 aliphatic carbocycles. The zero-order valence-corrected chi connectivity index (χ0v) is 12.9. The maximum Gasteiger partial charge on any atom is 0.000516 e. The number of hydrogen-bond acceptors (Lipinski definition) is 2. The lowest BCUT2D eigenvalue weighted by molar-refractivity contribution is 0.206. The van der Waals surface area contributed by atoms with Crippen LogP contribution in [0.15, 0.2) is 0 Å². The van der Waals surface area contributed by atoms with E-state index in [1.165, 1.54) is 58.0 Å². The third-order valence-corrected chi connectivity index (χ3v) is 4.64. The summed E-state index contributed by atoms with van der Waals surface area (Å²) in [6.07, 6.45) is 10.9. The lowest BCUT2D eigenvalue weighted by atomic mass is 9.76. The van der Waals surface area contributed by atoms with Crippen molar-refractivity contribution in [3.05, 3.63) is 0 Å². The average Bonchev–Trinajstić information content (AvgIpc) is 2.29. The first kappa shape index (κ1) is 16.0. The Morgan fingerprint density at radius 2 is 1.78 bits per heavy atom. The molecule has 0 bridgehead atoms. The van der Waals surface area contributed by atoms with Gasteiger partial charge in [-0.05, 0) is 56.0 Å². The van der Waals surface area contributed by atoms with E-state index in [1.807, 2.05) is 0 Å². The predicted octanol–water partition coefficient (Wildman–Crippen LogP) is 3.70. The van der Waals surface area contributed by atoms with E-state index in [9.17, 15) is 0 Å². The van der Waals surface area contributed by atoms with Gasteiger partial charge in [-0.15, -0.1) is 0 Å². The highest BCUT2D eigenvalue weighted by Crippen LogP contribution is 2.35. The Kier molecular flexibility index (Phi) is 6.65.